The third-order valence-corrected chi connectivity index (χ3v) is 6.99. The van der Waals surface area contributed by atoms with Crippen molar-refractivity contribution < 1.29 is 9.59 Å². The number of halogens is 2. The Hall–Kier alpha value is -3.14. The number of alkyl halides is 2. The molecule has 0 spiro atoms. The number of benzene rings is 2. The first-order valence-corrected chi connectivity index (χ1v) is 12.9. The maximum absolute atomic E-state index is 13.7. The number of carbonyl (C=O) groups is 2. The van der Waals surface area contributed by atoms with Gasteiger partial charge in [0.2, 0.25) is 0 Å². The summed E-state index contributed by atoms with van der Waals surface area (Å²) >= 11 is 12.9. The van der Waals surface area contributed by atoms with Gasteiger partial charge in [-0.05, 0) is 11.4 Å². The molecule has 11 heteroatoms. The molecule has 4 rings (SSSR count). The first kappa shape index (κ1) is 25.0. The molecular formula is C24H24Cl2N6O2S. The van der Waals surface area contributed by atoms with Crippen molar-refractivity contribution in [2.24, 2.45) is 21.5 Å². The number of fused-ring (bicyclic) bond motifs is 3. The molecule has 0 atom stereocenters. The number of nitrogens with two attached hydrogens (primary N) is 2. The average molecular weight is 531 g/mol. The fourth-order valence-electron chi connectivity index (χ4n) is 4.00. The highest BCUT2D eigenvalue weighted by Crippen LogP contribution is 2.45. The minimum absolute atomic E-state index is 0.148. The van der Waals surface area contributed by atoms with Gasteiger partial charge in [-0.2, -0.15) is 0 Å². The molecule has 0 saturated heterocycles. The van der Waals surface area contributed by atoms with Gasteiger partial charge in [-0.25, -0.2) is 0 Å². The summed E-state index contributed by atoms with van der Waals surface area (Å²) in [5, 5.41) is 9.43. The highest BCUT2D eigenvalue weighted by Gasteiger charge is 2.36. The van der Waals surface area contributed by atoms with Crippen LogP contribution in [0.5, 0.6) is 0 Å². The molecule has 8 nitrogen and oxygen atoms in total. The topological polar surface area (TPSA) is 135 Å². The van der Waals surface area contributed by atoms with Crippen LogP contribution in [-0.4, -0.2) is 61.2 Å². The normalized spacial score (nSPS) is 13.7. The second kappa shape index (κ2) is 11.1. The van der Waals surface area contributed by atoms with E-state index in [-0.39, 0.29) is 23.3 Å². The number of rotatable bonds is 10. The quantitative estimate of drug-likeness (QED) is 0.0811. The number of nitrogens with zero attached hydrogens (tertiary/aromatic N) is 2. The Balaban J connectivity index is 1.81. The van der Waals surface area contributed by atoms with Crippen molar-refractivity contribution in [2.45, 2.75) is 0 Å². The summed E-state index contributed by atoms with van der Waals surface area (Å²) in [6.45, 7) is 1.58. The molecule has 1 heterocycles. The maximum Gasteiger partial charge on any atom is 0.196 e. The molecule has 0 bridgehead atoms. The van der Waals surface area contributed by atoms with Crippen LogP contribution in [0.25, 0.3) is 10.1 Å². The van der Waals surface area contributed by atoms with Gasteiger partial charge in [-0.3, -0.25) is 19.6 Å². The third kappa shape index (κ3) is 4.98. The largest absolute Gasteiger partial charge is 0.386 e. The number of anilines is 2. The highest BCUT2D eigenvalue weighted by atomic mass is 35.5. The van der Waals surface area contributed by atoms with E-state index in [1.807, 2.05) is 11.4 Å². The van der Waals surface area contributed by atoms with E-state index in [2.05, 4.69) is 20.6 Å². The molecule has 0 unspecified atom stereocenters. The minimum Gasteiger partial charge on any atom is -0.386 e. The molecule has 6 N–H and O–H groups in total. The van der Waals surface area contributed by atoms with E-state index in [4.69, 9.17) is 34.7 Å². The molecule has 2 aromatic carbocycles. The lowest BCUT2D eigenvalue weighted by atomic mass is 9.81. The standard InChI is InChI=1S/C24H24Cl2N6O2S/c25-11-16(27)29-6-8-31-20-15-5-10-35-24(15)21(32-9-7-30-17(28)12-26)19-18(20)22(33)13-3-1-2-4-14(13)23(19)34/h1-5,10,31-32H,6-9,11-12H2,(H2,27,29)(H2,28,30). The van der Waals surface area contributed by atoms with Crippen LogP contribution in [0.15, 0.2) is 45.7 Å². The Morgan fingerprint density at radius 3 is 1.89 bits per heavy atom. The molecule has 0 saturated carbocycles. The van der Waals surface area contributed by atoms with Crippen molar-refractivity contribution in [3.05, 3.63) is 58.0 Å². The van der Waals surface area contributed by atoms with Crippen molar-refractivity contribution in [1.82, 2.24) is 0 Å². The fraction of sp³-hybridized carbons (Fsp3) is 0.250. The molecule has 0 aliphatic heterocycles. The van der Waals surface area contributed by atoms with Crippen molar-refractivity contribution in [3.8, 4) is 0 Å². The van der Waals surface area contributed by atoms with E-state index in [1.54, 1.807) is 24.3 Å². The van der Waals surface area contributed by atoms with Gasteiger partial charge in [0.1, 0.15) is 11.7 Å². The second-order valence-electron chi connectivity index (χ2n) is 7.73. The monoisotopic (exact) mass is 530 g/mol. The molecule has 3 aromatic rings. The van der Waals surface area contributed by atoms with E-state index in [0.717, 1.165) is 10.1 Å². The molecular weight excluding hydrogens is 507 g/mol. The van der Waals surface area contributed by atoms with Crippen LogP contribution in [0, 0.1) is 0 Å². The number of thiophene rings is 1. The zero-order valence-corrected chi connectivity index (χ0v) is 21.1. The molecule has 0 radical (unpaired) electrons. The van der Waals surface area contributed by atoms with Crippen LogP contribution >= 0.6 is 34.5 Å². The summed E-state index contributed by atoms with van der Waals surface area (Å²) in [5.41, 5.74) is 14.1. The SMILES string of the molecule is NC(CCl)=NCCNc1c2c(c(NCCN=C(N)CCl)c3sccc13)C(=O)c1ccccc1C2=O. The number of hydrogen-bond donors (Lipinski definition) is 4. The van der Waals surface area contributed by atoms with Crippen molar-refractivity contribution in [1.29, 1.82) is 0 Å². The van der Waals surface area contributed by atoms with Gasteiger partial charge in [-0.15, -0.1) is 34.5 Å². The zero-order valence-electron chi connectivity index (χ0n) is 18.7. The smallest absolute Gasteiger partial charge is 0.196 e. The van der Waals surface area contributed by atoms with Gasteiger partial charge in [-0.1, -0.05) is 24.3 Å². The van der Waals surface area contributed by atoms with Gasteiger partial charge >= 0.3 is 0 Å². The Bertz CT molecular complexity index is 1250. The van der Waals surface area contributed by atoms with Crippen LogP contribution in [-0.2, 0) is 0 Å². The number of carbonyl (C=O) groups excluding carboxylic acids is 2. The number of hydrogen-bond acceptors (Lipinski definition) is 7. The molecule has 0 amide bonds. The van der Waals surface area contributed by atoms with E-state index in [9.17, 15) is 9.59 Å². The van der Waals surface area contributed by atoms with E-state index in [0.29, 0.717) is 71.5 Å². The molecule has 1 aliphatic rings. The van der Waals surface area contributed by atoms with Crippen LogP contribution < -0.4 is 22.1 Å². The average Bonchev–Trinajstić information content (AvgIpc) is 3.37. The highest BCUT2D eigenvalue weighted by molar-refractivity contribution is 7.18. The van der Waals surface area contributed by atoms with Crippen LogP contribution in [0.2, 0.25) is 0 Å². The summed E-state index contributed by atoms with van der Waals surface area (Å²) in [6, 6.07) is 8.82. The van der Waals surface area contributed by atoms with Gasteiger partial charge < -0.3 is 22.1 Å². The summed E-state index contributed by atoms with van der Waals surface area (Å²) in [7, 11) is 0. The molecule has 0 fully saturated rings. The Labute approximate surface area is 216 Å². The van der Waals surface area contributed by atoms with Gasteiger partial charge in [0, 0.05) is 29.6 Å². The summed E-state index contributed by atoms with van der Waals surface area (Å²) in [4.78, 5) is 35.8. The third-order valence-electron chi connectivity index (χ3n) is 5.51. The van der Waals surface area contributed by atoms with E-state index < -0.39 is 0 Å². The Kier molecular flexibility index (Phi) is 7.90. The lowest BCUT2D eigenvalue weighted by Crippen LogP contribution is -2.25. The van der Waals surface area contributed by atoms with Crippen LogP contribution in [0.1, 0.15) is 31.8 Å². The molecule has 35 heavy (non-hydrogen) atoms. The van der Waals surface area contributed by atoms with E-state index >= 15 is 0 Å². The summed E-state index contributed by atoms with van der Waals surface area (Å²) in [5.74, 6) is 0.568. The number of ketones is 2. The van der Waals surface area contributed by atoms with Crippen molar-refractivity contribution in [3.63, 3.8) is 0 Å². The van der Waals surface area contributed by atoms with Crippen molar-refractivity contribution in [2.75, 3.05) is 48.6 Å². The molecule has 182 valence electrons. The summed E-state index contributed by atoms with van der Waals surface area (Å²) < 4.78 is 0.866. The first-order chi connectivity index (χ1) is 17.0. The fourth-order valence-corrected chi connectivity index (χ4v) is 5.10. The zero-order chi connectivity index (χ0) is 24.9. The first-order valence-electron chi connectivity index (χ1n) is 10.9. The minimum atomic E-state index is -0.206. The van der Waals surface area contributed by atoms with Gasteiger partial charge in [0.25, 0.3) is 0 Å². The summed E-state index contributed by atoms with van der Waals surface area (Å²) in [6.07, 6.45) is 0. The lowest BCUT2D eigenvalue weighted by molar-refractivity contribution is 0.0980. The Morgan fingerprint density at radius 1 is 0.829 bits per heavy atom. The lowest BCUT2D eigenvalue weighted by Gasteiger charge is -2.25. The van der Waals surface area contributed by atoms with Crippen LogP contribution in [0.3, 0.4) is 0 Å². The number of aliphatic imine (C=N–C) groups is 2. The molecule has 1 aliphatic carbocycles. The predicted molar refractivity (Wildman–Crippen MR) is 147 cm³/mol. The number of nitrogens with one attached hydrogen (secondary N) is 2. The maximum atomic E-state index is 13.7. The van der Waals surface area contributed by atoms with Gasteiger partial charge in [0.05, 0.1) is 52.1 Å². The number of amidine groups is 2. The second-order valence-corrected chi connectivity index (χ2v) is 9.18. The Morgan fingerprint density at radius 2 is 1.34 bits per heavy atom. The molecule has 1 aromatic heterocycles. The predicted octanol–water partition coefficient (Wildman–Crippen LogP) is 3.69. The van der Waals surface area contributed by atoms with E-state index in [1.165, 1.54) is 11.3 Å². The van der Waals surface area contributed by atoms with Crippen molar-refractivity contribution >= 4 is 79.2 Å². The van der Waals surface area contributed by atoms with Crippen LogP contribution in [0.4, 0.5) is 11.4 Å². The van der Waals surface area contributed by atoms with Gasteiger partial charge in [0.15, 0.2) is 11.6 Å².